The lowest BCUT2D eigenvalue weighted by molar-refractivity contribution is 0.102. The van der Waals surface area contributed by atoms with Gasteiger partial charge >= 0.3 is 0 Å². The minimum absolute atomic E-state index is 0.202. The van der Waals surface area contributed by atoms with Crippen molar-refractivity contribution >= 4 is 33.7 Å². The number of hydrogen-bond donors (Lipinski definition) is 1. The van der Waals surface area contributed by atoms with E-state index in [1.54, 1.807) is 22.2 Å². The summed E-state index contributed by atoms with van der Waals surface area (Å²) in [5.74, 6) is -0.202. The van der Waals surface area contributed by atoms with Gasteiger partial charge in [0.2, 0.25) is 0 Å². The van der Waals surface area contributed by atoms with Crippen LogP contribution in [0.5, 0.6) is 0 Å². The van der Waals surface area contributed by atoms with Crippen LogP contribution >= 0.6 is 22.7 Å². The molecule has 3 heterocycles. The average molecular weight is 366 g/mol. The smallest absolute Gasteiger partial charge is 0.260 e. The Morgan fingerprint density at radius 2 is 1.96 bits per heavy atom. The number of thiazole rings is 1. The quantitative estimate of drug-likeness (QED) is 0.573. The van der Waals surface area contributed by atoms with E-state index in [1.165, 1.54) is 11.3 Å². The molecule has 4 aromatic rings. The molecule has 0 radical (unpaired) electrons. The summed E-state index contributed by atoms with van der Waals surface area (Å²) in [6.45, 7) is 1.88. The molecule has 0 aliphatic rings. The van der Waals surface area contributed by atoms with Gasteiger partial charge in [-0.2, -0.15) is 5.10 Å². The number of para-hydroxylation sites is 1. The van der Waals surface area contributed by atoms with Gasteiger partial charge in [-0.05, 0) is 30.5 Å². The van der Waals surface area contributed by atoms with Gasteiger partial charge < -0.3 is 0 Å². The maximum atomic E-state index is 12.6. The molecule has 0 atom stereocenters. The molecule has 0 unspecified atom stereocenters. The van der Waals surface area contributed by atoms with Crippen LogP contribution < -0.4 is 5.32 Å². The summed E-state index contributed by atoms with van der Waals surface area (Å²) in [4.78, 5) is 18.2. The summed E-state index contributed by atoms with van der Waals surface area (Å²) in [6.07, 6.45) is 1.59. The Kier molecular flexibility index (Phi) is 4.17. The SMILES string of the molecule is Cc1c(C(=O)Nc2nc(-c3cccs3)cs2)cnn1-c1ccccc1. The number of carbonyl (C=O) groups excluding carboxylic acids is 1. The molecular weight excluding hydrogens is 352 g/mol. The van der Waals surface area contributed by atoms with Crippen molar-refractivity contribution in [1.29, 1.82) is 0 Å². The number of carbonyl (C=O) groups is 1. The van der Waals surface area contributed by atoms with E-state index in [9.17, 15) is 4.79 Å². The number of thiophene rings is 1. The Bertz CT molecular complexity index is 1000. The van der Waals surface area contributed by atoms with Crippen LogP contribution in [0, 0.1) is 6.92 Å². The highest BCUT2D eigenvalue weighted by molar-refractivity contribution is 7.16. The highest BCUT2D eigenvalue weighted by Crippen LogP contribution is 2.28. The number of nitrogens with zero attached hydrogens (tertiary/aromatic N) is 3. The second-order valence-electron chi connectivity index (χ2n) is 5.36. The van der Waals surface area contributed by atoms with Gasteiger partial charge in [0.1, 0.15) is 0 Å². The molecule has 124 valence electrons. The topological polar surface area (TPSA) is 59.8 Å². The van der Waals surface area contributed by atoms with E-state index in [4.69, 9.17) is 0 Å². The van der Waals surface area contributed by atoms with E-state index in [0.717, 1.165) is 22.0 Å². The Morgan fingerprint density at radius 3 is 2.72 bits per heavy atom. The summed E-state index contributed by atoms with van der Waals surface area (Å²) >= 11 is 3.04. The zero-order chi connectivity index (χ0) is 17.2. The molecule has 0 aliphatic heterocycles. The lowest BCUT2D eigenvalue weighted by Crippen LogP contribution is -2.13. The van der Waals surface area contributed by atoms with Crippen molar-refractivity contribution < 1.29 is 4.79 Å². The van der Waals surface area contributed by atoms with Crippen molar-refractivity contribution in [3.8, 4) is 16.3 Å². The summed E-state index contributed by atoms with van der Waals surface area (Å²) in [5, 5.41) is 11.7. The molecule has 5 nitrogen and oxygen atoms in total. The van der Waals surface area contributed by atoms with Gasteiger partial charge in [-0.1, -0.05) is 24.3 Å². The fraction of sp³-hybridized carbons (Fsp3) is 0.0556. The van der Waals surface area contributed by atoms with E-state index in [2.05, 4.69) is 15.4 Å². The Morgan fingerprint density at radius 1 is 1.12 bits per heavy atom. The lowest BCUT2D eigenvalue weighted by atomic mass is 10.2. The van der Waals surface area contributed by atoms with Gasteiger partial charge in [0, 0.05) is 5.38 Å². The second kappa shape index (κ2) is 6.62. The monoisotopic (exact) mass is 366 g/mol. The number of nitrogens with one attached hydrogen (secondary N) is 1. The average Bonchev–Trinajstić information content (AvgIpc) is 3.35. The maximum absolute atomic E-state index is 12.6. The molecule has 7 heteroatoms. The number of benzene rings is 1. The van der Waals surface area contributed by atoms with Crippen LogP contribution in [0.4, 0.5) is 5.13 Å². The van der Waals surface area contributed by atoms with E-state index in [-0.39, 0.29) is 5.91 Å². The highest BCUT2D eigenvalue weighted by atomic mass is 32.1. The molecular formula is C18H14N4OS2. The first-order chi connectivity index (χ1) is 12.2. The first-order valence-electron chi connectivity index (χ1n) is 7.63. The normalized spacial score (nSPS) is 10.8. The summed E-state index contributed by atoms with van der Waals surface area (Å²) in [7, 11) is 0. The van der Waals surface area contributed by atoms with Gasteiger partial charge in [-0.15, -0.1) is 22.7 Å². The minimum atomic E-state index is -0.202. The standard InChI is InChI=1S/C18H14N4OS2/c1-12-14(10-19-22(12)13-6-3-2-4-7-13)17(23)21-18-20-15(11-25-18)16-8-5-9-24-16/h2-11H,1H3,(H,20,21,23). The van der Waals surface area contributed by atoms with E-state index < -0.39 is 0 Å². The minimum Gasteiger partial charge on any atom is -0.298 e. The maximum Gasteiger partial charge on any atom is 0.260 e. The summed E-state index contributed by atoms with van der Waals surface area (Å²) in [6, 6.07) is 13.7. The van der Waals surface area contributed by atoms with Gasteiger partial charge in [-0.3, -0.25) is 10.1 Å². The highest BCUT2D eigenvalue weighted by Gasteiger charge is 2.16. The first-order valence-corrected chi connectivity index (χ1v) is 9.39. The molecule has 1 N–H and O–H groups in total. The molecule has 3 aromatic heterocycles. The van der Waals surface area contributed by atoms with Crippen molar-refractivity contribution in [2.45, 2.75) is 6.92 Å². The molecule has 0 aliphatic carbocycles. The number of rotatable bonds is 4. The molecule has 0 saturated carbocycles. The van der Waals surface area contributed by atoms with Crippen molar-refractivity contribution in [2.24, 2.45) is 0 Å². The van der Waals surface area contributed by atoms with E-state index in [1.807, 2.05) is 60.1 Å². The van der Waals surface area contributed by atoms with Crippen LogP contribution in [0.2, 0.25) is 0 Å². The Balaban J connectivity index is 1.55. The van der Waals surface area contributed by atoms with Crippen LogP contribution in [0.15, 0.2) is 59.4 Å². The first kappa shape index (κ1) is 15.7. The molecule has 1 amide bonds. The van der Waals surface area contributed by atoms with Crippen molar-refractivity contribution in [3.63, 3.8) is 0 Å². The number of amides is 1. The molecule has 0 saturated heterocycles. The Labute approximate surface area is 152 Å². The van der Waals surface area contributed by atoms with Crippen LogP contribution in [0.25, 0.3) is 16.3 Å². The predicted octanol–water partition coefficient (Wildman–Crippen LogP) is 4.62. The number of hydrogen-bond acceptors (Lipinski definition) is 5. The summed E-state index contributed by atoms with van der Waals surface area (Å²) in [5.41, 5.74) is 3.13. The molecule has 0 bridgehead atoms. The lowest BCUT2D eigenvalue weighted by Gasteiger charge is -2.05. The third kappa shape index (κ3) is 3.11. The fourth-order valence-corrected chi connectivity index (χ4v) is 3.96. The van der Waals surface area contributed by atoms with Crippen LogP contribution in [0.3, 0.4) is 0 Å². The fourth-order valence-electron chi connectivity index (χ4n) is 2.50. The van der Waals surface area contributed by atoms with Crippen molar-refractivity contribution in [1.82, 2.24) is 14.8 Å². The van der Waals surface area contributed by atoms with Crippen LogP contribution in [0.1, 0.15) is 16.1 Å². The third-order valence-electron chi connectivity index (χ3n) is 3.75. The number of aromatic nitrogens is 3. The number of anilines is 1. The summed E-state index contributed by atoms with van der Waals surface area (Å²) < 4.78 is 1.76. The zero-order valence-electron chi connectivity index (χ0n) is 13.3. The van der Waals surface area contributed by atoms with Crippen molar-refractivity contribution in [2.75, 3.05) is 5.32 Å². The molecule has 25 heavy (non-hydrogen) atoms. The second-order valence-corrected chi connectivity index (χ2v) is 7.17. The van der Waals surface area contributed by atoms with Crippen molar-refractivity contribution in [3.05, 3.63) is 70.7 Å². The predicted molar refractivity (Wildman–Crippen MR) is 102 cm³/mol. The van der Waals surface area contributed by atoms with Crippen LogP contribution in [-0.2, 0) is 0 Å². The molecule has 0 spiro atoms. The van der Waals surface area contributed by atoms with Gasteiger partial charge in [0.25, 0.3) is 5.91 Å². The van der Waals surface area contributed by atoms with Gasteiger partial charge in [0.05, 0.1) is 33.7 Å². The largest absolute Gasteiger partial charge is 0.298 e. The molecule has 0 fully saturated rings. The van der Waals surface area contributed by atoms with E-state index in [0.29, 0.717) is 10.7 Å². The van der Waals surface area contributed by atoms with Gasteiger partial charge in [0.15, 0.2) is 5.13 Å². The Hall–Kier alpha value is -2.77. The third-order valence-corrected chi connectivity index (χ3v) is 5.40. The van der Waals surface area contributed by atoms with Gasteiger partial charge in [-0.25, -0.2) is 9.67 Å². The van der Waals surface area contributed by atoms with E-state index >= 15 is 0 Å². The molecule has 4 rings (SSSR count). The molecule has 1 aromatic carbocycles. The zero-order valence-corrected chi connectivity index (χ0v) is 15.0. The van der Waals surface area contributed by atoms with Crippen LogP contribution in [-0.4, -0.2) is 20.7 Å².